The summed E-state index contributed by atoms with van der Waals surface area (Å²) in [5, 5.41) is 0.398. The summed E-state index contributed by atoms with van der Waals surface area (Å²) >= 11 is 6.03. The maximum Gasteiger partial charge on any atom is 0.0600 e. The SMILES string of the molecule is CC(C)(C)OCCN1CCC(Cl)CC1. The fourth-order valence-corrected chi connectivity index (χ4v) is 1.80. The van der Waals surface area contributed by atoms with E-state index in [1.54, 1.807) is 0 Å². The molecular weight excluding hydrogens is 198 g/mol. The Kier molecular flexibility index (Phi) is 4.68. The van der Waals surface area contributed by atoms with E-state index in [9.17, 15) is 0 Å². The third-order valence-corrected chi connectivity index (χ3v) is 2.90. The van der Waals surface area contributed by atoms with Crippen LogP contribution in [0.5, 0.6) is 0 Å². The van der Waals surface area contributed by atoms with E-state index in [2.05, 4.69) is 25.7 Å². The molecule has 14 heavy (non-hydrogen) atoms. The van der Waals surface area contributed by atoms with Crippen molar-refractivity contribution in [1.82, 2.24) is 4.90 Å². The molecule has 0 N–H and O–H groups in total. The summed E-state index contributed by atoms with van der Waals surface area (Å²) in [6.07, 6.45) is 2.24. The van der Waals surface area contributed by atoms with Crippen LogP contribution < -0.4 is 0 Å². The van der Waals surface area contributed by atoms with Gasteiger partial charge in [0.05, 0.1) is 12.2 Å². The van der Waals surface area contributed by atoms with E-state index < -0.39 is 0 Å². The molecule has 0 saturated carbocycles. The molecule has 0 spiro atoms. The van der Waals surface area contributed by atoms with Crippen molar-refractivity contribution < 1.29 is 4.74 Å². The third kappa shape index (κ3) is 5.18. The first kappa shape index (κ1) is 12.3. The van der Waals surface area contributed by atoms with Crippen LogP contribution in [0.25, 0.3) is 0 Å². The van der Waals surface area contributed by atoms with E-state index in [0.717, 1.165) is 39.1 Å². The number of hydrogen-bond donors (Lipinski definition) is 0. The van der Waals surface area contributed by atoms with Crippen molar-refractivity contribution in [3.8, 4) is 0 Å². The lowest BCUT2D eigenvalue weighted by Gasteiger charge is -2.30. The molecule has 3 heteroatoms. The van der Waals surface area contributed by atoms with Crippen LogP contribution in [-0.2, 0) is 4.74 Å². The molecule has 84 valence electrons. The maximum atomic E-state index is 6.03. The van der Waals surface area contributed by atoms with E-state index in [1.165, 1.54) is 0 Å². The van der Waals surface area contributed by atoms with Crippen LogP contribution in [0.1, 0.15) is 33.6 Å². The largest absolute Gasteiger partial charge is 0.375 e. The maximum absolute atomic E-state index is 6.03. The van der Waals surface area contributed by atoms with Crippen molar-refractivity contribution in [2.75, 3.05) is 26.2 Å². The Labute approximate surface area is 92.6 Å². The molecule has 1 aliphatic heterocycles. The standard InChI is InChI=1S/C11H22ClNO/c1-11(2,3)14-9-8-13-6-4-10(12)5-7-13/h10H,4-9H2,1-3H3. The van der Waals surface area contributed by atoms with Gasteiger partial charge >= 0.3 is 0 Å². The van der Waals surface area contributed by atoms with Gasteiger partial charge in [0, 0.05) is 11.9 Å². The second kappa shape index (κ2) is 5.34. The average Bonchev–Trinajstić information content (AvgIpc) is 2.06. The van der Waals surface area contributed by atoms with Gasteiger partial charge < -0.3 is 9.64 Å². The molecule has 1 fully saturated rings. The zero-order chi connectivity index (χ0) is 10.6. The predicted molar refractivity (Wildman–Crippen MR) is 61.0 cm³/mol. The Morgan fingerprint density at radius 1 is 1.29 bits per heavy atom. The topological polar surface area (TPSA) is 12.5 Å². The summed E-state index contributed by atoms with van der Waals surface area (Å²) < 4.78 is 5.68. The Hall–Kier alpha value is 0.210. The molecule has 0 atom stereocenters. The lowest BCUT2D eigenvalue weighted by molar-refractivity contribution is -0.0146. The minimum absolute atomic E-state index is 0.00912. The molecule has 0 unspecified atom stereocenters. The monoisotopic (exact) mass is 219 g/mol. The van der Waals surface area contributed by atoms with E-state index >= 15 is 0 Å². The first-order chi connectivity index (χ1) is 6.47. The van der Waals surface area contributed by atoms with Gasteiger partial charge in [-0.25, -0.2) is 0 Å². The minimum Gasteiger partial charge on any atom is -0.375 e. The summed E-state index contributed by atoms with van der Waals surface area (Å²) in [5.74, 6) is 0. The Balaban J connectivity index is 2.08. The molecule has 0 radical (unpaired) electrons. The lowest BCUT2D eigenvalue weighted by Crippen LogP contribution is -2.37. The van der Waals surface area contributed by atoms with Crippen LogP contribution >= 0.6 is 11.6 Å². The molecule has 0 amide bonds. The number of rotatable bonds is 3. The first-order valence-corrected chi connectivity index (χ1v) is 5.91. The number of hydrogen-bond acceptors (Lipinski definition) is 2. The van der Waals surface area contributed by atoms with Crippen molar-refractivity contribution in [2.45, 2.75) is 44.6 Å². The average molecular weight is 220 g/mol. The second-order valence-electron chi connectivity index (χ2n) is 4.98. The lowest BCUT2D eigenvalue weighted by atomic mass is 10.1. The summed E-state index contributed by atoms with van der Waals surface area (Å²) in [4.78, 5) is 2.44. The Morgan fingerprint density at radius 2 is 1.86 bits per heavy atom. The van der Waals surface area contributed by atoms with Gasteiger partial charge in [-0.15, -0.1) is 11.6 Å². The summed E-state index contributed by atoms with van der Waals surface area (Å²) in [6, 6.07) is 0. The van der Waals surface area contributed by atoms with Crippen LogP contribution in [0.2, 0.25) is 0 Å². The fourth-order valence-electron chi connectivity index (χ4n) is 1.61. The summed E-state index contributed by atoms with van der Waals surface area (Å²) in [7, 11) is 0. The Morgan fingerprint density at radius 3 is 2.36 bits per heavy atom. The highest BCUT2D eigenvalue weighted by molar-refractivity contribution is 6.20. The van der Waals surface area contributed by atoms with Crippen LogP contribution in [0, 0.1) is 0 Å². The number of ether oxygens (including phenoxy) is 1. The molecule has 0 aromatic carbocycles. The zero-order valence-electron chi connectivity index (χ0n) is 9.55. The molecule has 0 aromatic heterocycles. The molecule has 1 heterocycles. The van der Waals surface area contributed by atoms with Crippen LogP contribution in [0.15, 0.2) is 0 Å². The number of nitrogens with zero attached hydrogens (tertiary/aromatic N) is 1. The van der Waals surface area contributed by atoms with Gasteiger partial charge in [0.1, 0.15) is 0 Å². The van der Waals surface area contributed by atoms with Gasteiger partial charge in [-0.2, -0.15) is 0 Å². The van der Waals surface area contributed by atoms with Gasteiger partial charge in [0.25, 0.3) is 0 Å². The molecule has 1 rings (SSSR count). The van der Waals surface area contributed by atoms with Gasteiger partial charge in [0.15, 0.2) is 0 Å². The first-order valence-electron chi connectivity index (χ1n) is 5.48. The smallest absolute Gasteiger partial charge is 0.0600 e. The zero-order valence-corrected chi connectivity index (χ0v) is 10.3. The summed E-state index contributed by atoms with van der Waals surface area (Å²) in [5.41, 5.74) is -0.00912. The number of halogens is 1. The van der Waals surface area contributed by atoms with Gasteiger partial charge in [-0.3, -0.25) is 0 Å². The predicted octanol–water partition coefficient (Wildman–Crippen LogP) is 2.50. The molecule has 0 aromatic rings. The highest BCUT2D eigenvalue weighted by Crippen LogP contribution is 2.15. The quantitative estimate of drug-likeness (QED) is 0.677. The summed E-state index contributed by atoms with van der Waals surface area (Å²) in [6.45, 7) is 10.4. The van der Waals surface area contributed by atoms with Crippen LogP contribution in [0.3, 0.4) is 0 Å². The fraction of sp³-hybridized carbons (Fsp3) is 1.00. The van der Waals surface area contributed by atoms with E-state index in [-0.39, 0.29) is 5.60 Å². The van der Waals surface area contributed by atoms with Crippen LogP contribution in [0.4, 0.5) is 0 Å². The third-order valence-electron chi connectivity index (χ3n) is 2.46. The van der Waals surface area contributed by atoms with E-state index in [1.807, 2.05) is 0 Å². The van der Waals surface area contributed by atoms with Crippen molar-refractivity contribution in [2.24, 2.45) is 0 Å². The number of alkyl halides is 1. The molecule has 0 aliphatic carbocycles. The van der Waals surface area contributed by atoms with Gasteiger partial charge in [-0.1, -0.05) is 0 Å². The van der Waals surface area contributed by atoms with Crippen molar-refractivity contribution in [3.05, 3.63) is 0 Å². The minimum atomic E-state index is -0.00912. The Bertz CT molecular complexity index is 159. The van der Waals surface area contributed by atoms with Crippen molar-refractivity contribution in [1.29, 1.82) is 0 Å². The molecule has 0 bridgehead atoms. The molecule has 1 aliphatic rings. The molecule has 1 saturated heterocycles. The number of piperidine rings is 1. The van der Waals surface area contributed by atoms with Gasteiger partial charge in [0.2, 0.25) is 0 Å². The second-order valence-corrected chi connectivity index (χ2v) is 5.59. The molecular formula is C11H22ClNO. The highest BCUT2D eigenvalue weighted by Gasteiger charge is 2.17. The number of likely N-dealkylation sites (tertiary alicyclic amines) is 1. The van der Waals surface area contributed by atoms with Gasteiger partial charge in [-0.05, 0) is 46.7 Å². The molecule has 2 nitrogen and oxygen atoms in total. The highest BCUT2D eigenvalue weighted by atomic mass is 35.5. The van der Waals surface area contributed by atoms with E-state index in [4.69, 9.17) is 16.3 Å². The van der Waals surface area contributed by atoms with Crippen molar-refractivity contribution in [3.63, 3.8) is 0 Å². The normalized spacial score (nSPS) is 21.4. The van der Waals surface area contributed by atoms with E-state index in [0.29, 0.717) is 5.38 Å². The van der Waals surface area contributed by atoms with Crippen LogP contribution in [-0.4, -0.2) is 42.1 Å². The van der Waals surface area contributed by atoms with Crippen molar-refractivity contribution >= 4 is 11.6 Å².